The molecule has 0 fully saturated rings. The van der Waals surface area contributed by atoms with Crippen molar-refractivity contribution in [1.29, 1.82) is 0 Å². The molecule has 0 aliphatic rings. The summed E-state index contributed by atoms with van der Waals surface area (Å²) in [5, 5.41) is 2.61. The molecule has 0 radical (unpaired) electrons. The first kappa shape index (κ1) is 22.6. The molecule has 0 unspecified atom stereocenters. The third-order valence-corrected chi connectivity index (χ3v) is 6.49. The lowest BCUT2D eigenvalue weighted by atomic mass is 10.1. The maximum Gasteiger partial charge on any atom is 0.339 e. The Bertz CT molecular complexity index is 949. The first-order valence-electron chi connectivity index (χ1n) is 9.32. The topological polar surface area (TPSA) is 106 Å². The predicted octanol–water partition coefficient (Wildman–Crippen LogP) is 2.48. The number of hydrogen-bond donors (Lipinski definition) is 1. The van der Waals surface area contributed by atoms with Gasteiger partial charge in [0.2, 0.25) is 10.0 Å². The van der Waals surface area contributed by atoms with Crippen molar-refractivity contribution in [2.75, 3.05) is 13.1 Å². The number of benzene rings is 1. The van der Waals surface area contributed by atoms with Gasteiger partial charge < -0.3 is 14.5 Å². The number of nitrogens with zero attached hydrogens (tertiary/aromatic N) is 1. The summed E-state index contributed by atoms with van der Waals surface area (Å²) < 4.78 is 37.1. The summed E-state index contributed by atoms with van der Waals surface area (Å²) in [5.41, 5.74) is 0.653. The Morgan fingerprint density at radius 1 is 1.21 bits per heavy atom. The number of aryl methyl sites for hydroxylation is 1. The third-order valence-electron chi connectivity index (χ3n) is 4.44. The van der Waals surface area contributed by atoms with E-state index in [4.69, 9.17) is 9.15 Å². The van der Waals surface area contributed by atoms with Crippen molar-refractivity contribution in [2.45, 2.75) is 45.2 Å². The number of esters is 1. The molecular weight excluding hydrogens is 396 g/mol. The van der Waals surface area contributed by atoms with Gasteiger partial charge in [-0.1, -0.05) is 19.9 Å². The highest BCUT2D eigenvalue weighted by Crippen LogP contribution is 2.20. The maximum absolute atomic E-state index is 12.7. The standard InChI is InChI=1S/C20H26N2O6S/c1-5-22(6-2)29(25,26)17-10-9-14(3)18(12-17)20(24)28-15(4)19(23)21-13-16-8-7-11-27-16/h7-12,15H,5-6,13H2,1-4H3,(H,21,23)/t15-/m1/s1. The molecule has 0 spiro atoms. The molecule has 0 aliphatic carbocycles. The summed E-state index contributed by atoms with van der Waals surface area (Å²) >= 11 is 0. The van der Waals surface area contributed by atoms with E-state index in [-0.39, 0.29) is 17.0 Å². The minimum atomic E-state index is -3.72. The Labute approximate surface area is 170 Å². The smallest absolute Gasteiger partial charge is 0.339 e. The van der Waals surface area contributed by atoms with E-state index in [0.29, 0.717) is 24.4 Å². The number of ether oxygens (including phenoxy) is 1. The molecule has 1 aromatic carbocycles. The molecule has 0 bridgehead atoms. The molecule has 0 saturated heterocycles. The predicted molar refractivity (Wildman–Crippen MR) is 107 cm³/mol. The highest BCUT2D eigenvalue weighted by molar-refractivity contribution is 7.89. The molecule has 1 N–H and O–H groups in total. The van der Waals surface area contributed by atoms with E-state index in [1.807, 2.05) is 0 Å². The molecule has 1 amide bonds. The van der Waals surface area contributed by atoms with E-state index in [1.54, 1.807) is 39.0 Å². The van der Waals surface area contributed by atoms with Crippen molar-refractivity contribution in [2.24, 2.45) is 0 Å². The van der Waals surface area contributed by atoms with Gasteiger partial charge in [-0.3, -0.25) is 4.79 Å². The van der Waals surface area contributed by atoms with Gasteiger partial charge in [-0.2, -0.15) is 4.31 Å². The van der Waals surface area contributed by atoms with Crippen LogP contribution in [0.1, 0.15) is 42.5 Å². The molecule has 2 aromatic rings. The van der Waals surface area contributed by atoms with Gasteiger partial charge in [0.1, 0.15) is 5.76 Å². The van der Waals surface area contributed by atoms with Gasteiger partial charge >= 0.3 is 5.97 Å². The molecule has 8 nitrogen and oxygen atoms in total. The van der Waals surface area contributed by atoms with Gasteiger partial charge in [0.05, 0.1) is 23.3 Å². The van der Waals surface area contributed by atoms with E-state index in [2.05, 4.69) is 5.32 Å². The second-order valence-electron chi connectivity index (χ2n) is 6.41. The highest BCUT2D eigenvalue weighted by Gasteiger charge is 2.25. The summed E-state index contributed by atoms with van der Waals surface area (Å²) in [5.74, 6) is -0.680. The monoisotopic (exact) mass is 422 g/mol. The van der Waals surface area contributed by atoms with Gasteiger partial charge in [0.15, 0.2) is 6.10 Å². The van der Waals surface area contributed by atoms with Crippen LogP contribution in [0.2, 0.25) is 0 Å². The molecule has 29 heavy (non-hydrogen) atoms. The Kier molecular flexibility index (Phi) is 7.58. The second kappa shape index (κ2) is 9.71. The molecule has 1 heterocycles. The minimum Gasteiger partial charge on any atom is -0.467 e. The van der Waals surface area contributed by atoms with Crippen molar-refractivity contribution in [3.8, 4) is 0 Å². The molecule has 9 heteroatoms. The zero-order valence-corrected chi connectivity index (χ0v) is 17.8. The maximum atomic E-state index is 12.7. The van der Waals surface area contributed by atoms with Gasteiger partial charge in [0, 0.05) is 13.1 Å². The van der Waals surface area contributed by atoms with Crippen LogP contribution in [0.3, 0.4) is 0 Å². The van der Waals surface area contributed by atoms with Crippen LogP contribution in [-0.2, 0) is 26.1 Å². The Morgan fingerprint density at radius 2 is 1.90 bits per heavy atom. The van der Waals surface area contributed by atoms with Crippen molar-refractivity contribution >= 4 is 21.9 Å². The Balaban J connectivity index is 2.12. The van der Waals surface area contributed by atoms with Crippen LogP contribution in [0.4, 0.5) is 0 Å². The lowest BCUT2D eigenvalue weighted by Gasteiger charge is -2.19. The van der Waals surface area contributed by atoms with Crippen LogP contribution in [0.25, 0.3) is 0 Å². The van der Waals surface area contributed by atoms with Gasteiger partial charge in [-0.15, -0.1) is 0 Å². The first-order chi connectivity index (χ1) is 13.7. The fourth-order valence-corrected chi connectivity index (χ4v) is 4.19. The van der Waals surface area contributed by atoms with Crippen LogP contribution in [0.15, 0.2) is 45.9 Å². The number of carbonyl (C=O) groups excluding carboxylic acids is 2. The average Bonchev–Trinajstić information content (AvgIpc) is 3.20. The second-order valence-corrected chi connectivity index (χ2v) is 8.35. The SMILES string of the molecule is CCN(CC)S(=O)(=O)c1ccc(C)c(C(=O)O[C@H](C)C(=O)NCc2ccco2)c1. The molecule has 0 aliphatic heterocycles. The zero-order chi connectivity index (χ0) is 21.6. The molecule has 2 rings (SSSR count). The van der Waals surface area contributed by atoms with Gasteiger partial charge in [-0.25, -0.2) is 13.2 Å². The Hall–Kier alpha value is -2.65. The summed E-state index contributed by atoms with van der Waals surface area (Å²) in [6.45, 7) is 7.41. The largest absolute Gasteiger partial charge is 0.467 e. The lowest BCUT2D eigenvalue weighted by molar-refractivity contribution is -0.129. The number of carbonyl (C=O) groups is 2. The van der Waals surface area contributed by atoms with E-state index in [1.165, 1.54) is 29.6 Å². The number of sulfonamides is 1. The van der Waals surface area contributed by atoms with Gasteiger partial charge in [-0.05, 0) is 43.7 Å². The number of amides is 1. The van der Waals surface area contributed by atoms with Gasteiger partial charge in [0.25, 0.3) is 5.91 Å². The molecule has 1 atom stereocenters. The van der Waals surface area contributed by atoms with Crippen molar-refractivity contribution in [1.82, 2.24) is 9.62 Å². The number of hydrogen-bond acceptors (Lipinski definition) is 6. The highest BCUT2D eigenvalue weighted by atomic mass is 32.2. The number of furan rings is 1. The van der Waals surface area contributed by atoms with Crippen molar-refractivity contribution in [3.05, 3.63) is 53.5 Å². The minimum absolute atomic E-state index is 0.00803. The summed E-state index contributed by atoms with van der Waals surface area (Å²) in [6.07, 6.45) is 0.437. The number of rotatable bonds is 9. The molecule has 158 valence electrons. The average molecular weight is 423 g/mol. The molecule has 0 saturated carbocycles. The van der Waals surface area contributed by atoms with Crippen LogP contribution < -0.4 is 5.32 Å². The number of nitrogens with one attached hydrogen (secondary N) is 1. The molecular formula is C20H26N2O6S. The Morgan fingerprint density at radius 3 is 2.48 bits per heavy atom. The summed E-state index contributed by atoms with van der Waals surface area (Å²) in [4.78, 5) is 24.7. The quantitative estimate of drug-likeness (QED) is 0.623. The summed E-state index contributed by atoms with van der Waals surface area (Å²) in [6, 6.07) is 7.71. The normalized spacial score (nSPS) is 12.6. The van der Waals surface area contributed by atoms with Crippen LogP contribution in [0.5, 0.6) is 0 Å². The van der Waals surface area contributed by atoms with E-state index >= 15 is 0 Å². The van der Waals surface area contributed by atoms with E-state index in [0.717, 1.165) is 0 Å². The van der Waals surface area contributed by atoms with Crippen LogP contribution >= 0.6 is 0 Å². The first-order valence-corrected chi connectivity index (χ1v) is 10.8. The fraction of sp³-hybridized carbons (Fsp3) is 0.400. The summed E-state index contributed by atoms with van der Waals surface area (Å²) in [7, 11) is -3.72. The molecule has 1 aromatic heterocycles. The van der Waals surface area contributed by atoms with Crippen molar-refractivity contribution < 1.29 is 27.2 Å². The third kappa shape index (κ3) is 5.45. The van der Waals surface area contributed by atoms with Crippen molar-refractivity contribution in [3.63, 3.8) is 0 Å². The van der Waals surface area contributed by atoms with E-state index < -0.39 is 28.0 Å². The van der Waals surface area contributed by atoms with E-state index in [9.17, 15) is 18.0 Å². The van der Waals surface area contributed by atoms with Crippen LogP contribution in [-0.4, -0.2) is 43.8 Å². The van der Waals surface area contributed by atoms with Crippen LogP contribution in [0, 0.1) is 6.92 Å². The lowest BCUT2D eigenvalue weighted by Crippen LogP contribution is -2.35. The fourth-order valence-electron chi connectivity index (χ4n) is 2.70. The zero-order valence-electron chi connectivity index (χ0n) is 17.0.